The normalized spacial score (nSPS) is 10.9. The van der Waals surface area contributed by atoms with Crippen molar-refractivity contribution in [2.24, 2.45) is 0 Å². The maximum Gasteiger partial charge on any atom is 0.321 e. The van der Waals surface area contributed by atoms with E-state index in [2.05, 4.69) is 58.1 Å². The molecule has 2 aromatic rings. The summed E-state index contributed by atoms with van der Waals surface area (Å²) in [6, 6.07) is 6.34. The molecule has 0 saturated heterocycles. The molecule has 1 aromatic heterocycles. The molecule has 0 fully saturated rings. The van der Waals surface area contributed by atoms with E-state index in [9.17, 15) is 0 Å². The number of rotatable bonds is 6. The number of ether oxygens (including phenoxy) is 1. The van der Waals surface area contributed by atoms with Gasteiger partial charge in [-0.05, 0) is 36.2 Å². The number of hydrogen-bond donors (Lipinski definition) is 1. The van der Waals surface area contributed by atoms with E-state index in [1.165, 1.54) is 0 Å². The van der Waals surface area contributed by atoms with Gasteiger partial charge in [-0.25, -0.2) is 9.97 Å². The zero-order chi connectivity index (χ0) is 15.2. The molecule has 5 heteroatoms. The summed E-state index contributed by atoms with van der Waals surface area (Å²) in [5.41, 5.74) is 2.17. The van der Waals surface area contributed by atoms with Crippen LogP contribution in [0.4, 0.5) is 0 Å². The monoisotopic (exact) mass is 349 g/mol. The molecule has 2 rings (SSSR count). The van der Waals surface area contributed by atoms with Gasteiger partial charge in [-0.3, -0.25) is 0 Å². The predicted molar refractivity (Wildman–Crippen MR) is 87.7 cm³/mol. The molecule has 0 bridgehead atoms. The molecule has 1 heterocycles. The summed E-state index contributed by atoms with van der Waals surface area (Å²) >= 11 is 3.49. The third-order valence-corrected chi connectivity index (χ3v) is 3.55. The number of aromatic nitrogens is 2. The first-order valence-electron chi connectivity index (χ1n) is 7.09. The fourth-order valence-electron chi connectivity index (χ4n) is 1.92. The molecule has 112 valence electrons. The smallest absolute Gasteiger partial charge is 0.321 e. The minimum absolute atomic E-state index is 0.366. The lowest BCUT2D eigenvalue weighted by molar-refractivity contribution is 0.433. The molecule has 0 aliphatic heterocycles. The molecule has 0 aliphatic carbocycles. The van der Waals surface area contributed by atoms with E-state index < -0.39 is 0 Å². The zero-order valence-electron chi connectivity index (χ0n) is 12.6. The Morgan fingerprint density at radius 3 is 2.57 bits per heavy atom. The van der Waals surface area contributed by atoms with Gasteiger partial charge < -0.3 is 10.1 Å². The van der Waals surface area contributed by atoms with Crippen molar-refractivity contribution >= 4 is 15.9 Å². The van der Waals surface area contributed by atoms with E-state index in [0.717, 1.165) is 34.4 Å². The Balaban J connectivity index is 2.14. The van der Waals surface area contributed by atoms with Gasteiger partial charge in [0, 0.05) is 29.0 Å². The van der Waals surface area contributed by atoms with Gasteiger partial charge in [0.15, 0.2) is 0 Å². The molecular formula is C16H20BrN3O. The first kappa shape index (κ1) is 15.9. The number of benzene rings is 1. The molecule has 0 amide bonds. The summed E-state index contributed by atoms with van der Waals surface area (Å²) in [6.45, 7) is 8.03. The Morgan fingerprint density at radius 1 is 1.24 bits per heavy atom. The van der Waals surface area contributed by atoms with Gasteiger partial charge in [-0.2, -0.15) is 0 Å². The summed E-state index contributed by atoms with van der Waals surface area (Å²) in [7, 11) is 0. The van der Waals surface area contributed by atoms with Gasteiger partial charge in [-0.15, -0.1) is 0 Å². The summed E-state index contributed by atoms with van der Waals surface area (Å²) in [5, 5.41) is 3.24. The Labute approximate surface area is 134 Å². The zero-order valence-corrected chi connectivity index (χ0v) is 14.1. The molecule has 1 N–H and O–H groups in total. The lowest BCUT2D eigenvalue weighted by Crippen LogP contribution is -2.12. The summed E-state index contributed by atoms with van der Waals surface area (Å²) in [5.74, 6) is 1.16. The van der Waals surface area contributed by atoms with Crippen LogP contribution in [0.25, 0.3) is 0 Å². The van der Waals surface area contributed by atoms with E-state index in [1.54, 1.807) is 12.4 Å². The average molecular weight is 350 g/mol. The van der Waals surface area contributed by atoms with Crippen LogP contribution in [-0.2, 0) is 6.54 Å². The van der Waals surface area contributed by atoms with Crippen molar-refractivity contribution in [1.29, 1.82) is 0 Å². The topological polar surface area (TPSA) is 47.0 Å². The largest absolute Gasteiger partial charge is 0.424 e. The maximum absolute atomic E-state index is 5.82. The van der Waals surface area contributed by atoms with Crippen LogP contribution >= 0.6 is 15.9 Å². The SMILES string of the molecule is CCNCc1cnc(Oc2ccc(Br)cc2C(C)C)nc1. The van der Waals surface area contributed by atoms with E-state index >= 15 is 0 Å². The van der Waals surface area contributed by atoms with Gasteiger partial charge in [-0.1, -0.05) is 36.7 Å². The van der Waals surface area contributed by atoms with Crippen molar-refractivity contribution in [3.8, 4) is 11.8 Å². The molecule has 0 aliphatic rings. The highest BCUT2D eigenvalue weighted by atomic mass is 79.9. The van der Waals surface area contributed by atoms with Crippen LogP contribution in [0.15, 0.2) is 35.1 Å². The molecule has 0 spiro atoms. The minimum atomic E-state index is 0.366. The van der Waals surface area contributed by atoms with Crippen molar-refractivity contribution in [1.82, 2.24) is 15.3 Å². The van der Waals surface area contributed by atoms with Gasteiger partial charge >= 0.3 is 6.01 Å². The van der Waals surface area contributed by atoms with Crippen LogP contribution in [0.5, 0.6) is 11.8 Å². The predicted octanol–water partition coefficient (Wildman–Crippen LogP) is 4.26. The second-order valence-corrected chi connectivity index (χ2v) is 6.01. The summed E-state index contributed by atoms with van der Waals surface area (Å²) < 4.78 is 6.86. The van der Waals surface area contributed by atoms with E-state index in [0.29, 0.717) is 11.9 Å². The number of nitrogens with zero attached hydrogens (tertiary/aromatic N) is 2. The van der Waals surface area contributed by atoms with Gasteiger partial charge in [0.2, 0.25) is 0 Å². The molecule has 0 radical (unpaired) electrons. The molecule has 0 saturated carbocycles. The first-order chi connectivity index (χ1) is 10.1. The lowest BCUT2D eigenvalue weighted by atomic mass is 10.0. The number of nitrogens with one attached hydrogen (secondary N) is 1. The quantitative estimate of drug-likeness (QED) is 0.845. The first-order valence-corrected chi connectivity index (χ1v) is 7.88. The number of hydrogen-bond acceptors (Lipinski definition) is 4. The van der Waals surface area contributed by atoms with Crippen molar-refractivity contribution < 1.29 is 4.74 Å². The van der Waals surface area contributed by atoms with Crippen LogP contribution in [0.1, 0.15) is 37.8 Å². The minimum Gasteiger partial charge on any atom is -0.424 e. The summed E-state index contributed by atoms with van der Waals surface area (Å²) in [4.78, 5) is 8.53. The number of halogens is 1. The molecule has 1 aromatic carbocycles. The third kappa shape index (κ3) is 4.51. The Bertz CT molecular complexity index is 585. The van der Waals surface area contributed by atoms with Crippen LogP contribution in [0, 0.1) is 0 Å². The third-order valence-electron chi connectivity index (χ3n) is 3.06. The lowest BCUT2D eigenvalue weighted by Gasteiger charge is -2.13. The highest BCUT2D eigenvalue weighted by Gasteiger charge is 2.10. The molecule has 0 unspecified atom stereocenters. The van der Waals surface area contributed by atoms with Crippen molar-refractivity contribution in [2.75, 3.05) is 6.54 Å². The summed E-state index contributed by atoms with van der Waals surface area (Å²) in [6.07, 6.45) is 3.58. The van der Waals surface area contributed by atoms with Crippen molar-refractivity contribution in [3.63, 3.8) is 0 Å². The van der Waals surface area contributed by atoms with E-state index in [-0.39, 0.29) is 0 Å². The fraction of sp³-hybridized carbons (Fsp3) is 0.375. The Hall–Kier alpha value is -1.46. The molecule has 4 nitrogen and oxygen atoms in total. The fourth-order valence-corrected chi connectivity index (χ4v) is 2.30. The average Bonchev–Trinajstić information content (AvgIpc) is 2.48. The molecular weight excluding hydrogens is 330 g/mol. The van der Waals surface area contributed by atoms with Crippen LogP contribution < -0.4 is 10.1 Å². The van der Waals surface area contributed by atoms with E-state index in [4.69, 9.17) is 4.74 Å². The van der Waals surface area contributed by atoms with E-state index in [1.807, 2.05) is 12.1 Å². The highest BCUT2D eigenvalue weighted by molar-refractivity contribution is 9.10. The van der Waals surface area contributed by atoms with Gasteiger partial charge in [0.1, 0.15) is 5.75 Å². The van der Waals surface area contributed by atoms with Crippen molar-refractivity contribution in [2.45, 2.75) is 33.2 Å². The Morgan fingerprint density at radius 2 is 1.95 bits per heavy atom. The van der Waals surface area contributed by atoms with Gasteiger partial charge in [0.25, 0.3) is 0 Å². The molecule has 21 heavy (non-hydrogen) atoms. The van der Waals surface area contributed by atoms with Crippen molar-refractivity contribution in [3.05, 3.63) is 46.2 Å². The maximum atomic E-state index is 5.82. The van der Waals surface area contributed by atoms with Crippen LogP contribution in [0.2, 0.25) is 0 Å². The second kappa shape index (κ2) is 7.52. The highest BCUT2D eigenvalue weighted by Crippen LogP contribution is 2.31. The van der Waals surface area contributed by atoms with Crippen LogP contribution in [0.3, 0.4) is 0 Å². The Kier molecular flexibility index (Phi) is 5.70. The standard InChI is InChI=1S/C16H20BrN3O/c1-4-18-8-12-9-19-16(20-10-12)21-15-6-5-13(17)7-14(15)11(2)3/h5-7,9-11,18H,4,8H2,1-3H3. The van der Waals surface area contributed by atoms with Gasteiger partial charge in [0.05, 0.1) is 0 Å². The molecule has 0 atom stereocenters. The van der Waals surface area contributed by atoms with Crippen LogP contribution in [-0.4, -0.2) is 16.5 Å². The second-order valence-electron chi connectivity index (χ2n) is 5.09.